The summed E-state index contributed by atoms with van der Waals surface area (Å²) in [5, 5.41) is 13.7. The fraction of sp³-hybridized carbons (Fsp3) is 0.579. The van der Waals surface area contributed by atoms with Crippen LogP contribution in [0, 0.1) is 22.5 Å². The molecule has 166 valence electrons. The maximum absolute atomic E-state index is 13.0. The molecule has 0 atom stereocenters. The third-order valence-electron chi connectivity index (χ3n) is 4.90. The predicted octanol–water partition coefficient (Wildman–Crippen LogP) is 1.29. The van der Waals surface area contributed by atoms with Gasteiger partial charge < -0.3 is 10.2 Å². The van der Waals surface area contributed by atoms with Crippen LogP contribution < -0.4 is 5.32 Å². The van der Waals surface area contributed by atoms with Crippen LogP contribution in [0.15, 0.2) is 23.1 Å². The predicted molar refractivity (Wildman–Crippen MR) is 110 cm³/mol. The number of nitro benzene ring substituents is 1. The van der Waals surface area contributed by atoms with Gasteiger partial charge in [0.2, 0.25) is 21.8 Å². The van der Waals surface area contributed by atoms with Gasteiger partial charge >= 0.3 is 0 Å². The summed E-state index contributed by atoms with van der Waals surface area (Å²) in [5.41, 5.74) is -0.396. The summed E-state index contributed by atoms with van der Waals surface area (Å²) in [5.74, 6) is -0.300. The topological polar surface area (TPSA) is 130 Å². The normalized spacial score (nSPS) is 15.7. The minimum absolute atomic E-state index is 0.0960. The molecule has 0 spiro atoms. The first kappa shape index (κ1) is 23.7. The number of hydrogen-bond acceptors (Lipinski definition) is 6. The minimum Gasteiger partial charge on any atom is -0.355 e. The van der Waals surface area contributed by atoms with Crippen LogP contribution in [0.5, 0.6) is 0 Å². The highest BCUT2D eigenvalue weighted by Crippen LogP contribution is 2.25. The molecule has 0 saturated carbocycles. The number of benzene rings is 1. The molecule has 0 bridgehead atoms. The number of nitro groups is 1. The van der Waals surface area contributed by atoms with Crippen LogP contribution in [-0.2, 0) is 19.6 Å². The SMILES string of the molecule is Cc1ccc([N+](=O)[O-])cc1S(=O)(=O)N1CCN(C(=O)CCNC(=O)C(C)(C)C)CC1. The van der Waals surface area contributed by atoms with E-state index in [0.29, 0.717) is 5.56 Å². The molecule has 1 saturated heterocycles. The van der Waals surface area contributed by atoms with Gasteiger partial charge in [-0.05, 0) is 12.5 Å². The van der Waals surface area contributed by atoms with Gasteiger partial charge in [-0.3, -0.25) is 19.7 Å². The van der Waals surface area contributed by atoms with Crippen LogP contribution in [0.25, 0.3) is 0 Å². The number of piperazine rings is 1. The molecule has 1 aromatic carbocycles. The molecule has 1 N–H and O–H groups in total. The summed E-state index contributed by atoms with van der Waals surface area (Å²) < 4.78 is 27.1. The number of rotatable bonds is 6. The Bertz CT molecular complexity index is 931. The number of nitrogens with one attached hydrogen (secondary N) is 1. The number of carbonyl (C=O) groups excluding carboxylic acids is 2. The summed E-state index contributed by atoms with van der Waals surface area (Å²) in [6.07, 6.45) is 0.137. The molecular weight excluding hydrogens is 412 g/mol. The highest BCUT2D eigenvalue weighted by molar-refractivity contribution is 7.89. The molecule has 0 radical (unpaired) electrons. The average Bonchev–Trinajstić information content (AvgIpc) is 2.67. The summed E-state index contributed by atoms with van der Waals surface area (Å²) in [6, 6.07) is 3.75. The van der Waals surface area contributed by atoms with Gasteiger partial charge in [0.1, 0.15) is 0 Å². The number of hydrogen-bond donors (Lipinski definition) is 1. The molecule has 0 unspecified atom stereocenters. The summed E-state index contributed by atoms with van der Waals surface area (Å²) in [7, 11) is -3.91. The quantitative estimate of drug-likeness (QED) is 0.524. The van der Waals surface area contributed by atoms with E-state index in [1.54, 1.807) is 32.6 Å². The maximum Gasteiger partial charge on any atom is 0.270 e. The molecular formula is C19H28N4O6S. The van der Waals surface area contributed by atoms with E-state index in [-0.39, 0.29) is 61.5 Å². The number of carbonyl (C=O) groups is 2. The van der Waals surface area contributed by atoms with Crippen molar-refractivity contribution in [3.63, 3.8) is 0 Å². The summed E-state index contributed by atoms with van der Waals surface area (Å²) >= 11 is 0. The second kappa shape index (κ2) is 9.09. The van der Waals surface area contributed by atoms with Gasteiger partial charge in [0, 0.05) is 56.7 Å². The van der Waals surface area contributed by atoms with Crippen LogP contribution in [0.2, 0.25) is 0 Å². The fourth-order valence-electron chi connectivity index (χ4n) is 3.00. The van der Waals surface area contributed by atoms with Gasteiger partial charge in [-0.1, -0.05) is 26.8 Å². The third kappa shape index (κ3) is 5.54. The Balaban J connectivity index is 1.96. The zero-order chi connectivity index (χ0) is 22.7. The van der Waals surface area contributed by atoms with Crippen molar-refractivity contribution in [1.82, 2.24) is 14.5 Å². The number of amides is 2. The van der Waals surface area contributed by atoms with E-state index in [0.717, 1.165) is 6.07 Å². The van der Waals surface area contributed by atoms with Crippen molar-refractivity contribution < 1.29 is 22.9 Å². The van der Waals surface area contributed by atoms with Crippen LogP contribution in [0.4, 0.5) is 5.69 Å². The van der Waals surface area contributed by atoms with Gasteiger partial charge in [-0.25, -0.2) is 8.42 Å². The van der Waals surface area contributed by atoms with Gasteiger partial charge in [0.25, 0.3) is 5.69 Å². The zero-order valence-electron chi connectivity index (χ0n) is 17.7. The Labute approximate surface area is 176 Å². The van der Waals surface area contributed by atoms with E-state index < -0.39 is 20.4 Å². The third-order valence-corrected chi connectivity index (χ3v) is 6.94. The lowest BCUT2D eigenvalue weighted by molar-refractivity contribution is -0.385. The van der Waals surface area contributed by atoms with Crippen molar-refractivity contribution in [2.24, 2.45) is 5.41 Å². The standard InChI is InChI=1S/C19H28N4O6S/c1-14-5-6-15(23(26)27)13-16(14)30(28,29)22-11-9-21(10-12-22)17(24)7-8-20-18(25)19(2,3)4/h5-6,13H,7-12H2,1-4H3,(H,20,25). The zero-order valence-corrected chi connectivity index (χ0v) is 18.5. The van der Waals surface area contributed by atoms with Gasteiger partial charge in [-0.2, -0.15) is 4.31 Å². The van der Waals surface area contributed by atoms with E-state index >= 15 is 0 Å². The molecule has 11 heteroatoms. The molecule has 0 aliphatic carbocycles. The Hall–Kier alpha value is -2.53. The molecule has 10 nitrogen and oxygen atoms in total. The van der Waals surface area contributed by atoms with Crippen LogP contribution in [0.3, 0.4) is 0 Å². The van der Waals surface area contributed by atoms with Crippen molar-refractivity contribution in [2.75, 3.05) is 32.7 Å². The number of aryl methyl sites for hydroxylation is 1. The molecule has 1 aromatic rings. The molecule has 30 heavy (non-hydrogen) atoms. The lowest BCUT2D eigenvalue weighted by Gasteiger charge is -2.34. The van der Waals surface area contributed by atoms with Crippen molar-refractivity contribution in [1.29, 1.82) is 0 Å². The molecule has 1 aliphatic rings. The van der Waals surface area contributed by atoms with Crippen molar-refractivity contribution in [3.8, 4) is 0 Å². The highest BCUT2D eigenvalue weighted by Gasteiger charge is 2.32. The first-order chi connectivity index (χ1) is 13.8. The minimum atomic E-state index is -3.91. The molecule has 1 heterocycles. The van der Waals surface area contributed by atoms with E-state index in [4.69, 9.17) is 0 Å². The van der Waals surface area contributed by atoms with Gasteiger partial charge in [0.05, 0.1) is 9.82 Å². The smallest absolute Gasteiger partial charge is 0.270 e. The average molecular weight is 441 g/mol. The summed E-state index contributed by atoms with van der Waals surface area (Å²) in [4.78, 5) is 36.0. The molecule has 2 rings (SSSR count). The number of nitrogens with zero attached hydrogens (tertiary/aromatic N) is 3. The molecule has 2 amide bonds. The number of non-ortho nitro benzene ring substituents is 1. The monoisotopic (exact) mass is 440 g/mol. The molecule has 1 aliphatic heterocycles. The molecule has 0 aromatic heterocycles. The van der Waals surface area contributed by atoms with E-state index in [9.17, 15) is 28.1 Å². The Morgan fingerprint density at radius 3 is 2.30 bits per heavy atom. The van der Waals surface area contributed by atoms with E-state index in [1.807, 2.05) is 0 Å². The largest absolute Gasteiger partial charge is 0.355 e. The maximum atomic E-state index is 13.0. The summed E-state index contributed by atoms with van der Waals surface area (Å²) in [6.45, 7) is 7.81. The van der Waals surface area contributed by atoms with E-state index in [2.05, 4.69) is 5.32 Å². The first-order valence-corrected chi connectivity index (χ1v) is 11.1. The Morgan fingerprint density at radius 2 is 1.77 bits per heavy atom. The lowest BCUT2D eigenvalue weighted by Crippen LogP contribution is -2.51. The fourth-order valence-corrected chi connectivity index (χ4v) is 4.67. The van der Waals surface area contributed by atoms with Gasteiger partial charge in [0.15, 0.2) is 0 Å². The van der Waals surface area contributed by atoms with Crippen LogP contribution in [0.1, 0.15) is 32.8 Å². The van der Waals surface area contributed by atoms with Crippen molar-refractivity contribution >= 4 is 27.5 Å². The lowest BCUT2D eigenvalue weighted by atomic mass is 9.96. The van der Waals surface area contributed by atoms with Crippen molar-refractivity contribution in [3.05, 3.63) is 33.9 Å². The first-order valence-electron chi connectivity index (χ1n) is 9.65. The van der Waals surface area contributed by atoms with Crippen molar-refractivity contribution in [2.45, 2.75) is 39.0 Å². The second-order valence-electron chi connectivity index (χ2n) is 8.25. The number of sulfonamides is 1. The highest BCUT2D eigenvalue weighted by atomic mass is 32.2. The van der Waals surface area contributed by atoms with Gasteiger partial charge in [-0.15, -0.1) is 0 Å². The Morgan fingerprint density at radius 1 is 1.17 bits per heavy atom. The second-order valence-corrected chi connectivity index (χ2v) is 10.2. The molecule has 1 fully saturated rings. The van der Waals surface area contributed by atoms with Crippen LogP contribution in [-0.4, -0.2) is 67.1 Å². The van der Waals surface area contributed by atoms with E-state index in [1.165, 1.54) is 16.4 Å². The van der Waals surface area contributed by atoms with Crippen LogP contribution >= 0.6 is 0 Å². The Kier molecular flexibility index (Phi) is 7.19.